The van der Waals surface area contributed by atoms with Crippen molar-refractivity contribution in [2.75, 3.05) is 0 Å². The van der Waals surface area contributed by atoms with Gasteiger partial charge in [-0.3, -0.25) is 0 Å². The maximum Gasteiger partial charge on any atom is 0.108 e. The van der Waals surface area contributed by atoms with Crippen molar-refractivity contribution in [2.24, 2.45) is 0 Å². The van der Waals surface area contributed by atoms with Crippen LogP contribution < -0.4 is 0 Å². The smallest absolute Gasteiger partial charge is 0.108 e. The molecule has 0 fully saturated rings. The summed E-state index contributed by atoms with van der Waals surface area (Å²) in [4.78, 5) is 5.16. The lowest BCUT2D eigenvalue weighted by Crippen LogP contribution is -2.03. The monoisotopic (exact) mass is 565 g/mol. The van der Waals surface area contributed by atoms with Crippen molar-refractivity contribution < 1.29 is 0 Å². The zero-order valence-electron chi connectivity index (χ0n) is 27.7. The van der Waals surface area contributed by atoms with E-state index in [1.807, 2.05) is 0 Å². The molecule has 0 aliphatic rings. The van der Waals surface area contributed by atoms with Crippen molar-refractivity contribution in [1.29, 1.82) is 0 Å². The van der Waals surface area contributed by atoms with Crippen molar-refractivity contribution in [2.45, 2.75) is 194 Å². The van der Waals surface area contributed by atoms with Gasteiger partial charge in [-0.25, -0.2) is 4.98 Å². The van der Waals surface area contributed by atoms with Crippen LogP contribution in [0.2, 0.25) is 0 Å². The first-order valence-corrected chi connectivity index (χ1v) is 18.4. The summed E-state index contributed by atoms with van der Waals surface area (Å²) < 4.78 is 2.53. The van der Waals surface area contributed by atoms with Crippen LogP contribution in [-0.4, -0.2) is 9.55 Å². The maximum absolute atomic E-state index is 5.16. The number of imidazole rings is 1. The lowest BCUT2D eigenvalue weighted by atomic mass is 10.0. The summed E-state index contributed by atoms with van der Waals surface area (Å²) in [7, 11) is 0. The van der Waals surface area contributed by atoms with Gasteiger partial charge in [0.1, 0.15) is 5.82 Å². The van der Waals surface area contributed by atoms with E-state index in [-0.39, 0.29) is 0 Å². The highest BCUT2D eigenvalue weighted by atomic mass is 15.1. The van der Waals surface area contributed by atoms with Crippen LogP contribution in [0.1, 0.15) is 185 Å². The molecule has 2 rings (SSSR count). The molecule has 2 heteroatoms. The largest absolute Gasteiger partial charge is 0.335 e. The summed E-state index contributed by atoms with van der Waals surface area (Å²) in [5.74, 6) is 1.36. The molecule has 1 aromatic heterocycles. The molecule has 0 bridgehead atoms. The minimum Gasteiger partial charge on any atom is -0.335 e. The zero-order valence-corrected chi connectivity index (χ0v) is 27.7. The summed E-state index contributed by atoms with van der Waals surface area (Å²) in [5.41, 5.74) is 2.77. The standard InChI is InChI=1S/C39H68N2/c1-3-5-7-9-11-13-14-15-16-17-18-20-22-27-34-39-40-38(33-29-32-37-30-25-24-26-31-37)36-41(39)35-28-23-21-19-12-10-8-6-4-2/h24-26,30-31,36H,3-23,27-29,32-35H2,1-2H3. The molecule has 0 saturated carbocycles. The minimum atomic E-state index is 1.10. The molecule has 0 atom stereocenters. The molecule has 0 saturated heterocycles. The van der Waals surface area contributed by atoms with Crippen LogP contribution in [0.4, 0.5) is 0 Å². The van der Waals surface area contributed by atoms with Crippen LogP contribution in [0, 0.1) is 0 Å². The van der Waals surface area contributed by atoms with E-state index in [4.69, 9.17) is 4.98 Å². The second-order valence-corrected chi connectivity index (χ2v) is 12.9. The molecule has 234 valence electrons. The number of aromatic nitrogens is 2. The molecule has 0 aliphatic heterocycles. The third-order valence-electron chi connectivity index (χ3n) is 8.91. The Bertz CT molecular complexity index is 808. The van der Waals surface area contributed by atoms with Gasteiger partial charge in [0.25, 0.3) is 0 Å². The van der Waals surface area contributed by atoms with Crippen LogP contribution in [0.5, 0.6) is 0 Å². The molecule has 1 aromatic carbocycles. The number of nitrogens with zero attached hydrogens (tertiary/aromatic N) is 2. The fraction of sp³-hybridized carbons (Fsp3) is 0.769. The van der Waals surface area contributed by atoms with Crippen LogP contribution in [0.25, 0.3) is 0 Å². The molecule has 0 N–H and O–H groups in total. The maximum atomic E-state index is 5.16. The first-order valence-electron chi connectivity index (χ1n) is 18.4. The summed E-state index contributed by atoms with van der Waals surface area (Å²) in [6.07, 6.45) is 39.5. The highest BCUT2D eigenvalue weighted by Crippen LogP contribution is 2.17. The van der Waals surface area contributed by atoms with Crippen molar-refractivity contribution in [3.8, 4) is 0 Å². The van der Waals surface area contributed by atoms with Gasteiger partial charge in [0.05, 0.1) is 5.69 Å². The van der Waals surface area contributed by atoms with Gasteiger partial charge < -0.3 is 4.57 Å². The van der Waals surface area contributed by atoms with Crippen LogP contribution >= 0.6 is 0 Å². The molecule has 0 spiro atoms. The van der Waals surface area contributed by atoms with E-state index >= 15 is 0 Å². The number of hydrogen-bond acceptors (Lipinski definition) is 1. The fourth-order valence-corrected chi connectivity index (χ4v) is 6.22. The minimum absolute atomic E-state index is 1.10. The number of aryl methyl sites for hydroxylation is 4. The quantitative estimate of drug-likeness (QED) is 0.0898. The topological polar surface area (TPSA) is 17.8 Å². The molecule has 0 unspecified atom stereocenters. The van der Waals surface area contributed by atoms with E-state index in [1.165, 1.54) is 171 Å². The van der Waals surface area contributed by atoms with Gasteiger partial charge in [0.15, 0.2) is 0 Å². The van der Waals surface area contributed by atoms with Crippen LogP contribution in [-0.2, 0) is 25.8 Å². The van der Waals surface area contributed by atoms with Crippen molar-refractivity contribution >= 4 is 0 Å². The average Bonchev–Trinajstić information content (AvgIpc) is 3.38. The Morgan fingerprint density at radius 2 is 0.927 bits per heavy atom. The first kappa shape index (κ1) is 35.6. The molecule has 0 aliphatic carbocycles. The van der Waals surface area contributed by atoms with Crippen molar-refractivity contribution in [1.82, 2.24) is 9.55 Å². The Morgan fingerprint density at radius 1 is 0.463 bits per heavy atom. The van der Waals surface area contributed by atoms with Crippen molar-refractivity contribution in [3.63, 3.8) is 0 Å². The normalized spacial score (nSPS) is 11.5. The van der Waals surface area contributed by atoms with Gasteiger partial charge in [-0.2, -0.15) is 0 Å². The van der Waals surface area contributed by atoms with Gasteiger partial charge in [0, 0.05) is 19.2 Å². The lowest BCUT2D eigenvalue weighted by Gasteiger charge is -2.08. The average molecular weight is 565 g/mol. The van der Waals surface area contributed by atoms with Gasteiger partial charge >= 0.3 is 0 Å². The predicted molar refractivity (Wildman–Crippen MR) is 182 cm³/mol. The summed E-state index contributed by atoms with van der Waals surface area (Å²) >= 11 is 0. The molecule has 2 aromatic rings. The molecule has 0 amide bonds. The SMILES string of the molecule is CCCCCCCCCCCCCCCCc1nc(CCCc2ccccc2)cn1CCCCCCCCCCC. The molecule has 2 nitrogen and oxygen atoms in total. The first-order chi connectivity index (χ1) is 20.3. The van der Waals surface area contributed by atoms with Gasteiger partial charge in [-0.1, -0.05) is 179 Å². The molecule has 41 heavy (non-hydrogen) atoms. The predicted octanol–water partition coefficient (Wildman–Crippen LogP) is 12.6. The fourth-order valence-electron chi connectivity index (χ4n) is 6.22. The number of rotatable bonds is 29. The summed E-state index contributed by atoms with van der Waals surface area (Å²) in [5, 5.41) is 0. The Morgan fingerprint density at radius 3 is 1.44 bits per heavy atom. The van der Waals surface area contributed by atoms with Gasteiger partial charge in [-0.15, -0.1) is 0 Å². The second kappa shape index (κ2) is 26.1. The molecule has 0 radical (unpaired) electrons. The van der Waals surface area contributed by atoms with Gasteiger partial charge in [-0.05, 0) is 37.7 Å². The van der Waals surface area contributed by atoms with E-state index in [2.05, 4.69) is 54.9 Å². The summed E-state index contributed by atoms with van der Waals surface area (Å²) in [6.45, 7) is 5.77. The van der Waals surface area contributed by atoms with Crippen molar-refractivity contribution in [3.05, 3.63) is 53.6 Å². The Balaban J connectivity index is 1.62. The lowest BCUT2D eigenvalue weighted by molar-refractivity contribution is 0.520. The number of benzene rings is 1. The Kier molecular flexibility index (Phi) is 22.7. The molecular weight excluding hydrogens is 496 g/mol. The third kappa shape index (κ3) is 19.3. The molecular formula is C39H68N2. The zero-order chi connectivity index (χ0) is 29.1. The van der Waals surface area contributed by atoms with E-state index in [0.29, 0.717) is 0 Å². The van der Waals surface area contributed by atoms with E-state index in [1.54, 1.807) is 0 Å². The highest BCUT2D eigenvalue weighted by Gasteiger charge is 2.09. The third-order valence-corrected chi connectivity index (χ3v) is 8.91. The van der Waals surface area contributed by atoms with E-state index in [9.17, 15) is 0 Å². The second-order valence-electron chi connectivity index (χ2n) is 12.9. The molecule has 1 heterocycles. The van der Waals surface area contributed by atoms with Crippen LogP contribution in [0.15, 0.2) is 36.5 Å². The Hall–Kier alpha value is -1.57. The van der Waals surface area contributed by atoms with Gasteiger partial charge in [0.2, 0.25) is 0 Å². The summed E-state index contributed by atoms with van der Waals surface area (Å²) in [6, 6.07) is 10.9. The Labute approximate surface area is 256 Å². The number of hydrogen-bond donors (Lipinski definition) is 0. The van der Waals surface area contributed by atoms with E-state index < -0.39 is 0 Å². The van der Waals surface area contributed by atoms with E-state index in [0.717, 1.165) is 25.8 Å². The highest BCUT2D eigenvalue weighted by molar-refractivity contribution is 5.15. The van der Waals surface area contributed by atoms with Crippen LogP contribution in [0.3, 0.4) is 0 Å². The number of unbranched alkanes of at least 4 members (excludes halogenated alkanes) is 21.